The first-order valence-corrected chi connectivity index (χ1v) is 8.98. The summed E-state index contributed by atoms with van der Waals surface area (Å²) in [4.78, 5) is 23.6. The number of carbonyl (C=O) groups excluding carboxylic acids is 2. The number of nitrogens with zero attached hydrogens (tertiary/aromatic N) is 2. The molecule has 1 heterocycles. The normalized spacial score (nSPS) is 11.9. The molecule has 0 saturated carbocycles. The van der Waals surface area contributed by atoms with Crippen molar-refractivity contribution < 1.29 is 18.7 Å². The second-order valence-corrected chi connectivity index (χ2v) is 7.16. The van der Waals surface area contributed by atoms with Crippen LogP contribution in [0.2, 0.25) is 0 Å². The number of aromatic nitrogens is 2. The molecule has 0 unspecified atom stereocenters. The topological polar surface area (TPSA) is 106 Å². The number of rotatable bonds is 7. The minimum Gasteiger partial charge on any atom is -0.497 e. The summed E-state index contributed by atoms with van der Waals surface area (Å²) in [5, 5.41) is 12.5. The summed E-state index contributed by atoms with van der Waals surface area (Å²) >= 11 is 1.10. The van der Waals surface area contributed by atoms with Crippen LogP contribution in [0.5, 0.6) is 5.75 Å². The fourth-order valence-corrected chi connectivity index (χ4v) is 2.69. The van der Waals surface area contributed by atoms with Gasteiger partial charge in [0.15, 0.2) is 0 Å². The van der Waals surface area contributed by atoms with Gasteiger partial charge in [-0.05, 0) is 38.5 Å². The number of nitrogens with one attached hydrogen (secondary N) is 2. The Bertz CT molecular complexity index is 745. The van der Waals surface area contributed by atoms with Crippen molar-refractivity contribution >= 4 is 23.7 Å². The highest BCUT2D eigenvalue weighted by Crippen LogP contribution is 2.23. The Morgan fingerprint density at radius 2 is 1.88 bits per heavy atom. The maximum absolute atomic E-state index is 12.0. The van der Waals surface area contributed by atoms with Crippen LogP contribution in [0.1, 0.15) is 32.2 Å². The maximum atomic E-state index is 12.0. The molecule has 2 aromatic rings. The van der Waals surface area contributed by atoms with Gasteiger partial charge in [0.05, 0.1) is 18.8 Å². The van der Waals surface area contributed by atoms with E-state index < -0.39 is 17.2 Å². The summed E-state index contributed by atoms with van der Waals surface area (Å²) in [6.45, 7) is 5.28. The quantitative estimate of drug-likeness (QED) is 0.712. The molecule has 26 heavy (non-hydrogen) atoms. The number of thioether (sulfide) groups is 1. The lowest BCUT2D eigenvalue weighted by molar-refractivity contribution is -0.119. The average molecular weight is 378 g/mol. The highest BCUT2D eigenvalue weighted by atomic mass is 32.2. The van der Waals surface area contributed by atoms with Gasteiger partial charge >= 0.3 is 6.03 Å². The van der Waals surface area contributed by atoms with E-state index in [0.29, 0.717) is 12.3 Å². The van der Waals surface area contributed by atoms with Gasteiger partial charge in [0.25, 0.3) is 5.22 Å². The van der Waals surface area contributed by atoms with Crippen molar-refractivity contribution in [2.45, 2.75) is 43.7 Å². The van der Waals surface area contributed by atoms with Crippen LogP contribution in [0.25, 0.3) is 0 Å². The lowest BCUT2D eigenvalue weighted by Gasteiger charge is -2.11. The summed E-state index contributed by atoms with van der Waals surface area (Å²) in [6, 6.07) is 6.97. The van der Waals surface area contributed by atoms with E-state index in [9.17, 15) is 9.59 Å². The zero-order chi connectivity index (χ0) is 19.1. The van der Waals surface area contributed by atoms with Gasteiger partial charge in [0.1, 0.15) is 5.75 Å². The van der Waals surface area contributed by atoms with Crippen molar-refractivity contribution in [2.24, 2.45) is 0 Å². The molecule has 0 bridgehead atoms. The molecule has 9 heteroatoms. The van der Waals surface area contributed by atoms with E-state index in [1.54, 1.807) is 14.0 Å². The fraction of sp³-hybridized carbons (Fsp3) is 0.412. The molecule has 0 aliphatic heterocycles. The number of imide groups is 1. The van der Waals surface area contributed by atoms with E-state index in [1.807, 2.05) is 38.1 Å². The monoisotopic (exact) mass is 378 g/mol. The Kier molecular flexibility index (Phi) is 7.02. The Morgan fingerprint density at radius 1 is 1.19 bits per heavy atom. The molecule has 0 fully saturated rings. The molecule has 3 amide bonds. The molecule has 2 rings (SSSR count). The lowest BCUT2D eigenvalue weighted by Crippen LogP contribution is -2.45. The molecule has 8 nitrogen and oxygen atoms in total. The molecule has 1 atom stereocenters. The summed E-state index contributed by atoms with van der Waals surface area (Å²) < 4.78 is 10.7. The van der Waals surface area contributed by atoms with Crippen molar-refractivity contribution in [3.05, 3.63) is 35.7 Å². The number of carbonyl (C=O) groups is 2. The number of benzene rings is 1. The molecule has 2 N–H and O–H groups in total. The van der Waals surface area contributed by atoms with Crippen LogP contribution < -0.4 is 15.4 Å². The third-order valence-corrected chi connectivity index (χ3v) is 4.20. The van der Waals surface area contributed by atoms with Gasteiger partial charge in [0, 0.05) is 6.04 Å². The lowest BCUT2D eigenvalue weighted by atomic mass is 10.1. The van der Waals surface area contributed by atoms with E-state index in [-0.39, 0.29) is 11.3 Å². The van der Waals surface area contributed by atoms with Gasteiger partial charge in [-0.2, -0.15) is 0 Å². The molecular weight excluding hydrogens is 356 g/mol. The van der Waals surface area contributed by atoms with Crippen LogP contribution in [0.3, 0.4) is 0 Å². The second-order valence-electron chi connectivity index (χ2n) is 5.86. The highest BCUT2D eigenvalue weighted by Gasteiger charge is 2.20. The first-order valence-electron chi connectivity index (χ1n) is 8.10. The zero-order valence-corrected chi connectivity index (χ0v) is 15.9. The molecule has 140 valence electrons. The van der Waals surface area contributed by atoms with Crippen LogP contribution in [0, 0.1) is 0 Å². The van der Waals surface area contributed by atoms with Gasteiger partial charge in [-0.25, -0.2) is 4.79 Å². The van der Waals surface area contributed by atoms with Crippen molar-refractivity contribution in [1.29, 1.82) is 0 Å². The second kappa shape index (κ2) is 9.23. The van der Waals surface area contributed by atoms with Crippen LogP contribution in [-0.4, -0.2) is 40.5 Å². The number of hydrogen-bond acceptors (Lipinski definition) is 7. The molecule has 0 aliphatic rings. The molecule has 0 saturated heterocycles. The van der Waals surface area contributed by atoms with Gasteiger partial charge in [-0.3, -0.25) is 10.1 Å². The minimum absolute atomic E-state index is 0.0535. The number of ether oxygens (including phenoxy) is 1. The zero-order valence-electron chi connectivity index (χ0n) is 15.1. The fourth-order valence-electron chi connectivity index (χ4n) is 1.99. The molecule has 0 radical (unpaired) electrons. The number of hydrogen-bond donors (Lipinski definition) is 2. The third kappa shape index (κ3) is 6.07. The Labute approximate surface area is 156 Å². The minimum atomic E-state index is -0.554. The first-order chi connectivity index (χ1) is 12.4. The van der Waals surface area contributed by atoms with Crippen molar-refractivity contribution in [3.8, 4) is 5.75 Å². The number of urea groups is 1. The smallest absolute Gasteiger partial charge is 0.321 e. The Hall–Kier alpha value is -2.55. The standard InChI is InChI=1S/C17H22N4O4S/c1-10(2)18-16(23)19-15(22)11(3)26-17-21-20-14(25-17)9-12-5-7-13(24-4)8-6-12/h5-8,10-11H,9H2,1-4H3,(H2,18,19,22,23)/t11-/m1/s1. The van der Waals surface area contributed by atoms with Crippen LogP contribution in [-0.2, 0) is 11.2 Å². The summed E-state index contributed by atoms with van der Waals surface area (Å²) in [6.07, 6.45) is 0.481. The Balaban J connectivity index is 1.88. The van der Waals surface area contributed by atoms with Crippen molar-refractivity contribution in [3.63, 3.8) is 0 Å². The van der Waals surface area contributed by atoms with E-state index in [1.165, 1.54) is 0 Å². The maximum Gasteiger partial charge on any atom is 0.321 e. The first kappa shape index (κ1) is 19.8. The van der Waals surface area contributed by atoms with Gasteiger partial charge in [0.2, 0.25) is 11.8 Å². The van der Waals surface area contributed by atoms with E-state index >= 15 is 0 Å². The van der Waals surface area contributed by atoms with Crippen LogP contribution >= 0.6 is 11.8 Å². The summed E-state index contributed by atoms with van der Waals surface area (Å²) in [5.74, 6) is 0.794. The predicted octanol–water partition coefficient (Wildman–Crippen LogP) is 2.38. The van der Waals surface area contributed by atoms with E-state index in [2.05, 4.69) is 20.8 Å². The largest absolute Gasteiger partial charge is 0.497 e. The Morgan fingerprint density at radius 3 is 2.50 bits per heavy atom. The summed E-state index contributed by atoms with van der Waals surface area (Å²) in [7, 11) is 1.61. The van der Waals surface area contributed by atoms with Crippen LogP contribution in [0.4, 0.5) is 4.79 Å². The SMILES string of the molecule is COc1ccc(Cc2nnc(S[C@H](C)C(=O)NC(=O)NC(C)C)o2)cc1. The molecule has 0 spiro atoms. The predicted molar refractivity (Wildman–Crippen MR) is 97.2 cm³/mol. The molecule has 0 aliphatic carbocycles. The molecule has 1 aromatic heterocycles. The number of amides is 3. The van der Waals surface area contributed by atoms with Crippen molar-refractivity contribution in [1.82, 2.24) is 20.8 Å². The number of methoxy groups -OCH3 is 1. The van der Waals surface area contributed by atoms with Gasteiger partial charge < -0.3 is 14.5 Å². The average Bonchev–Trinajstić information content (AvgIpc) is 3.01. The van der Waals surface area contributed by atoms with Crippen molar-refractivity contribution in [2.75, 3.05) is 7.11 Å². The van der Waals surface area contributed by atoms with E-state index in [4.69, 9.17) is 9.15 Å². The highest BCUT2D eigenvalue weighted by molar-refractivity contribution is 8.00. The van der Waals surface area contributed by atoms with E-state index in [0.717, 1.165) is 23.1 Å². The van der Waals surface area contributed by atoms with Gasteiger partial charge in [-0.15, -0.1) is 10.2 Å². The summed E-state index contributed by atoms with van der Waals surface area (Å²) in [5.41, 5.74) is 1.00. The molecule has 1 aromatic carbocycles. The third-order valence-electron chi connectivity index (χ3n) is 3.27. The van der Waals surface area contributed by atoms with Gasteiger partial charge in [-0.1, -0.05) is 23.9 Å². The van der Waals surface area contributed by atoms with Crippen LogP contribution in [0.15, 0.2) is 33.9 Å². The molecular formula is C17H22N4O4S.